The van der Waals surface area contributed by atoms with Crippen LogP contribution in [0, 0.1) is 10.1 Å². The van der Waals surface area contributed by atoms with Gasteiger partial charge in [0.1, 0.15) is 0 Å². The highest BCUT2D eigenvalue weighted by molar-refractivity contribution is 5.96. The fourth-order valence-corrected chi connectivity index (χ4v) is 3.71. The zero-order valence-electron chi connectivity index (χ0n) is 17.3. The number of esters is 1. The van der Waals surface area contributed by atoms with Gasteiger partial charge >= 0.3 is 5.97 Å². The first kappa shape index (κ1) is 21.3. The van der Waals surface area contributed by atoms with Crippen LogP contribution in [0.3, 0.4) is 0 Å². The molecule has 0 radical (unpaired) electrons. The molecule has 3 rings (SSSR count). The standard InChI is InChI=1S/C22H25N3O5/c1-22(2,16-7-5-4-6-8-16)21(27)24-13-11-23(12-14-24)19-10-9-17(25(28)29)15-18(19)20(26)30-3/h4-10,15H,11-14H2,1-3H3. The molecule has 30 heavy (non-hydrogen) atoms. The van der Waals surface area contributed by atoms with E-state index in [4.69, 9.17) is 4.74 Å². The second kappa shape index (κ2) is 8.52. The van der Waals surface area contributed by atoms with E-state index in [-0.39, 0.29) is 17.2 Å². The quantitative estimate of drug-likeness (QED) is 0.427. The zero-order chi connectivity index (χ0) is 21.9. The van der Waals surface area contributed by atoms with Crippen LogP contribution < -0.4 is 4.90 Å². The molecule has 8 heteroatoms. The van der Waals surface area contributed by atoms with Crippen molar-refractivity contribution in [3.8, 4) is 0 Å². The van der Waals surface area contributed by atoms with E-state index in [0.29, 0.717) is 31.9 Å². The Bertz CT molecular complexity index is 951. The predicted octanol–water partition coefficient (Wildman–Crippen LogP) is 3.01. The Kier molecular flexibility index (Phi) is 6.05. The third kappa shape index (κ3) is 4.12. The Morgan fingerprint density at radius 3 is 2.23 bits per heavy atom. The molecule has 0 saturated carbocycles. The Morgan fingerprint density at radius 1 is 1.03 bits per heavy atom. The molecule has 0 aliphatic carbocycles. The number of ether oxygens (including phenoxy) is 1. The lowest BCUT2D eigenvalue weighted by Crippen LogP contribution is -2.53. The number of amides is 1. The Hall–Kier alpha value is -3.42. The maximum absolute atomic E-state index is 13.2. The van der Waals surface area contributed by atoms with E-state index in [9.17, 15) is 19.7 Å². The zero-order valence-corrected chi connectivity index (χ0v) is 17.3. The number of nitro groups is 1. The number of nitrogens with zero attached hydrogens (tertiary/aromatic N) is 3. The predicted molar refractivity (Wildman–Crippen MR) is 113 cm³/mol. The molecular formula is C22H25N3O5. The van der Waals surface area contributed by atoms with Crippen molar-refractivity contribution in [3.63, 3.8) is 0 Å². The number of benzene rings is 2. The number of nitro benzene ring substituents is 1. The van der Waals surface area contributed by atoms with Crippen molar-refractivity contribution < 1.29 is 19.2 Å². The molecule has 2 aromatic rings. The van der Waals surface area contributed by atoms with Crippen LogP contribution in [0.4, 0.5) is 11.4 Å². The Balaban J connectivity index is 1.76. The molecule has 1 amide bonds. The van der Waals surface area contributed by atoms with E-state index < -0.39 is 16.3 Å². The molecule has 1 aliphatic rings. The van der Waals surface area contributed by atoms with E-state index in [1.54, 1.807) is 6.07 Å². The largest absolute Gasteiger partial charge is 0.465 e. The average molecular weight is 411 g/mol. The van der Waals surface area contributed by atoms with Gasteiger partial charge in [-0.25, -0.2) is 4.79 Å². The molecular weight excluding hydrogens is 386 g/mol. The lowest BCUT2D eigenvalue weighted by Gasteiger charge is -2.40. The normalized spacial score (nSPS) is 14.4. The molecule has 0 N–H and O–H groups in total. The van der Waals surface area contributed by atoms with Gasteiger partial charge in [-0.2, -0.15) is 0 Å². The molecule has 8 nitrogen and oxygen atoms in total. The first-order valence-corrected chi connectivity index (χ1v) is 9.72. The number of carbonyl (C=O) groups excluding carboxylic acids is 2. The van der Waals surface area contributed by atoms with Gasteiger partial charge in [0.15, 0.2) is 0 Å². The van der Waals surface area contributed by atoms with Crippen LogP contribution in [0.1, 0.15) is 29.8 Å². The highest BCUT2D eigenvalue weighted by Gasteiger charge is 2.35. The van der Waals surface area contributed by atoms with Crippen molar-refractivity contribution in [1.82, 2.24) is 4.90 Å². The van der Waals surface area contributed by atoms with E-state index in [0.717, 1.165) is 5.56 Å². The summed E-state index contributed by atoms with van der Waals surface area (Å²) in [6, 6.07) is 13.8. The molecule has 2 aromatic carbocycles. The van der Waals surface area contributed by atoms with Crippen LogP contribution in [0.2, 0.25) is 0 Å². The molecule has 1 heterocycles. The number of piperazine rings is 1. The van der Waals surface area contributed by atoms with Gasteiger partial charge in [-0.3, -0.25) is 14.9 Å². The van der Waals surface area contributed by atoms with Crippen molar-refractivity contribution in [2.45, 2.75) is 19.3 Å². The Labute approximate surface area is 175 Å². The Morgan fingerprint density at radius 2 is 1.67 bits per heavy atom. The van der Waals surface area contributed by atoms with Crippen LogP contribution in [0.15, 0.2) is 48.5 Å². The molecule has 0 spiro atoms. The van der Waals surface area contributed by atoms with Gasteiger partial charge in [0.05, 0.1) is 28.7 Å². The molecule has 1 aliphatic heterocycles. The molecule has 1 fully saturated rings. The van der Waals surface area contributed by atoms with Crippen molar-refractivity contribution in [3.05, 3.63) is 69.8 Å². The minimum absolute atomic E-state index is 0.0465. The van der Waals surface area contributed by atoms with Gasteiger partial charge in [-0.1, -0.05) is 30.3 Å². The minimum atomic E-state index is -0.645. The first-order chi connectivity index (χ1) is 14.3. The van der Waals surface area contributed by atoms with Crippen LogP contribution in [0.25, 0.3) is 0 Å². The summed E-state index contributed by atoms with van der Waals surface area (Å²) in [5, 5.41) is 11.1. The highest BCUT2D eigenvalue weighted by atomic mass is 16.6. The third-order valence-electron chi connectivity index (χ3n) is 5.53. The fourth-order valence-electron chi connectivity index (χ4n) is 3.71. The average Bonchev–Trinajstić information content (AvgIpc) is 2.78. The number of non-ortho nitro benzene ring substituents is 1. The van der Waals surface area contributed by atoms with Crippen LogP contribution in [-0.4, -0.2) is 55.0 Å². The molecule has 0 atom stereocenters. The number of carbonyl (C=O) groups is 2. The lowest BCUT2D eigenvalue weighted by molar-refractivity contribution is -0.384. The monoisotopic (exact) mass is 411 g/mol. The highest BCUT2D eigenvalue weighted by Crippen LogP contribution is 2.29. The number of rotatable bonds is 5. The van der Waals surface area contributed by atoms with Gasteiger partial charge in [-0.05, 0) is 25.5 Å². The van der Waals surface area contributed by atoms with Crippen molar-refractivity contribution in [1.29, 1.82) is 0 Å². The van der Waals surface area contributed by atoms with E-state index >= 15 is 0 Å². The van der Waals surface area contributed by atoms with Crippen LogP contribution in [0.5, 0.6) is 0 Å². The van der Waals surface area contributed by atoms with Gasteiger partial charge in [-0.15, -0.1) is 0 Å². The maximum atomic E-state index is 13.2. The van der Waals surface area contributed by atoms with Gasteiger partial charge < -0.3 is 14.5 Å². The summed E-state index contributed by atoms with van der Waals surface area (Å²) in [6.07, 6.45) is 0. The van der Waals surface area contributed by atoms with Gasteiger partial charge in [0.25, 0.3) is 5.69 Å². The molecule has 158 valence electrons. The summed E-state index contributed by atoms with van der Waals surface area (Å²) in [7, 11) is 1.24. The number of hydrogen-bond acceptors (Lipinski definition) is 6. The van der Waals surface area contributed by atoms with Crippen molar-refractivity contribution >= 4 is 23.3 Å². The SMILES string of the molecule is COC(=O)c1cc([N+](=O)[O-])ccc1N1CCN(C(=O)C(C)(C)c2ccccc2)CC1. The summed E-state index contributed by atoms with van der Waals surface area (Å²) in [5.41, 5.74) is 0.866. The van der Waals surface area contributed by atoms with E-state index in [1.165, 1.54) is 19.2 Å². The maximum Gasteiger partial charge on any atom is 0.340 e. The van der Waals surface area contributed by atoms with Crippen molar-refractivity contribution in [2.24, 2.45) is 0 Å². The van der Waals surface area contributed by atoms with Crippen molar-refractivity contribution in [2.75, 3.05) is 38.2 Å². The minimum Gasteiger partial charge on any atom is -0.465 e. The molecule has 1 saturated heterocycles. The topological polar surface area (TPSA) is 93.0 Å². The number of hydrogen-bond donors (Lipinski definition) is 0. The molecule has 0 unspecified atom stereocenters. The summed E-state index contributed by atoms with van der Waals surface area (Å²) in [4.78, 5) is 39.7. The summed E-state index contributed by atoms with van der Waals surface area (Å²) >= 11 is 0. The van der Waals surface area contributed by atoms with Crippen LogP contribution in [-0.2, 0) is 14.9 Å². The molecule has 0 aromatic heterocycles. The van der Waals surface area contributed by atoms with E-state index in [2.05, 4.69) is 0 Å². The summed E-state index contributed by atoms with van der Waals surface area (Å²) in [5.74, 6) is -0.581. The van der Waals surface area contributed by atoms with Crippen LogP contribution >= 0.6 is 0 Å². The summed E-state index contributed by atoms with van der Waals surface area (Å²) < 4.78 is 4.80. The summed E-state index contributed by atoms with van der Waals surface area (Å²) in [6.45, 7) is 5.85. The number of anilines is 1. The van der Waals surface area contributed by atoms with Gasteiger partial charge in [0, 0.05) is 38.3 Å². The third-order valence-corrected chi connectivity index (χ3v) is 5.53. The smallest absolute Gasteiger partial charge is 0.340 e. The first-order valence-electron chi connectivity index (χ1n) is 9.72. The lowest BCUT2D eigenvalue weighted by atomic mass is 9.83. The second-order valence-electron chi connectivity index (χ2n) is 7.72. The molecule has 0 bridgehead atoms. The van der Waals surface area contributed by atoms with Gasteiger partial charge in [0.2, 0.25) is 5.91 Å². The fraction of sp³-hybridized carbons (Fsp3) is 0.364. The second-order valence-corrected chi connectivity index (χ2v) is 7.72. The number of methoxy groups -OCH3 is 1. The van der Waals surface area contributed by atoms with E-state index in [1.807, 2.05) is 54.0 Å².